The number of hydrogen-bond donors (Lipinski definition) is 1. The van der Waals surface area contributed by atoms with Gasteiger partial charge in [0.05, 0.1) is 0 Å². The van der Waals surface area contributed by atoms with E-state index < -0.39 is 32.4 Å². The zero-order valence-corrected chi connectivity index (χ0v) is 9.96. The minimum atomic E-state index is -4.42. The van der Waals surface area contributed by atoms with Crippen molar-refractivity contribution in [3.63, 3.8) is 0 Å². The Hall–Kier alpha value is -2.16. The molecule has 0 radical (unpaired) electrons. The van der Waals surface area contributed by atoms with Gasteiger partial charge in [-0.05, 0) is 12.1 Å². The molecule has 0 spiro atoms. The summed E-state index contributed by atoms with van der Waals surface area (Å²) in [5.41, 5.74) is 0. The minimum Gasteiger partial charge on any atom is -0.262 e. The lowest BCUT2D eigenvalue weighted by Gasteiger charge is -2.07. The molecule has 0 aliphatic rings. The molecule has 0 aliphatic carbocycles. The average Bonchev–Trinajstić information content (AvgIpc) is 2.34. The van der Waals surface area contributed by atoms with Crippen LogP contribution in [-0.4, -0.2) is 18.6 Å². The summed E-state index contributed by atoms with van der Waals surface area (Å²) in [5, 5.41) is 6.84. The van der Waals surface area contributed by atoms with Gasteiger partial charge in [0, 0.05) is 18.3 Å². The molecule has 0 aliphatic heterocycles. The zero-order chi connectivity index (χ0) is 14.0. The number of nitrogens with zero attached hydrogens (tertiary/aromatic N) is 2. The number of sulfonamides is 1. The third-order valence-corrected chi connectivity index (χ3v) is 3.45. The van der Waals surface area contributed by atoms with Crippen molar-refractivity contribution in [1.82, 2.24) is 10.2 Å². The second-order valence-electron chi connectivity index (χ2n) is 3.41. The van der Waals surface area contributed by atoms with E-state index in [-0.39, 0.29) is 18.0 Å². The lowest BCUT2D eigenvalue weighted by atomic mass is 10.3. The molecule has 0 amide bonds. The number of hydrogen-bond acceptors (Lipinski definition) is 4. The van der Waals surface area contributed by atoms with Crippen LogP contribution in [0.25, 0.3) is 0 Å². The number of halogens is 3. The summed E-state index contributed by atoms with van der Waals surface area (Å²) in [5.74, 6) is -4.53. The lowest BCUT2D eigenvalue weighted by molar-refractivity contribution is 0.482. The molecule has 0 unspecified atom stereocenters. The molecule has 1 heterocycles. The Bertz CT molecular complexity index is 707. The maximum Gasteiger partial charge on any atom is 0.266 e. The van der Waals surface area contributed by atoms with Crippen LogP contribution >= 0.6 is 0 Å². The Morgan fingerprint density at radius 1 is 1.05 bits per heavy atom. The first-order chi connectivity index (χ1) is 8.90. The monoisotopic (exact) mass is 289 g/mol. The van der Waals surface area contributed by atoms with Crippen molar-refractivity contribution in [3.8, 4) is 0 Å². The van der Waals surface area contributed by atoms with Gasteiger partial charge in [-0.2, -0.15) is 5.10 Å². The van der Waals surface area contributed by atoms with Gasteiger partial charge in [0.1, 0.15) is 10.7 Å². The highest BCUT2D eigenvalue weighted by atomic mass is 32.2. The number of rotatable bonds is 3. The van der Waals surface area contributed by atoms with E-state index in [0.29, 0.717) is 0 Å². The van der Waals surface area contributed by atoms with Crippen molar-refractivity contribution >= 4 is 15.8 Å². The van der Waals surface area contributed by atoms with Gasteiger partial charge in [0.2, 0.25) is 0 Å². The first-order valence-electron chi connectivity index (χ1n) is 4.85. The highest BCUT2D eigenvalue weighted by Crippen LogP contribution is 2.20. The lowest BCUT2D eigenvalue weighted by Crippen LogP contribution is -2.16. The van der Waals surface area contributed by atoms with Crippen LogP contribution in [0.3, 0.4) is 0 Å². The molecular weight excluding hydrogens is 283 g/mol. The van der Waals surface area contributed by atoms with Crippen molar-refractivity contribution in [2.45, 2.75) is 4.90 Å². The zero-order valence-electron chi connectivity index (χ0n) is 9.14. The van der Waals surface area contributed by atoms with Gasteiger partial charge in [0.25, 0.3) is 10.0 Å². The number of nitrogens with one attached hydrogen (secondary N) is 1. The highest BCUT2D eigenvalue weighted by Gasteiger charge is 2.22. The van der Waals surface area contributed by atoms with Crippen LogP contribution in [0.5, 0.6) is 0 Å². The molecule has 2 aromatic rings. The van der Waals surface area contributed by atoms with Crippen LogP contribution in [-0.2, 0) is 10.0 Å². The first kappa shape index (κ1) is 13.3. The Morgan fingerprint density at radius 2 is 1.74 bits per heavy atom. The molecule has 2 rings (SSSR count). The van der Waals surface area contributed by atoms with Gasteiger partial charge in [-0.25, -0.2) is 21.6 Å². The minimum absolute atomic E-state index is 0.153. The number of aromatic nitrogens is 2. The number of anilines is 1. The molecule has 0 fully saturated rings. The van der Waals surface area contributed by atoms with E-state index in [1.54, 1.807) is 0 Å². The van der Waals surface area contributed by atoms with Gasteiger partial charge in [0.15, 0.2) is 17.5 Å². The fraction of sp³-hybridized carbons (Fsp3) is 0. The molecule has 0 saturated heterocycles. The third kappa shape index (κ3) is 2.81. The van der Waals surface area contributed by atoms with Crippen molar-refractivity contribution in [2.24, 2.45) is 0 Å². The van der Waals surface area contributed by atoms with Crippen molar-refractivity contribution in [3.05, 3.63) is 47.9 Å². The Morgan fingerprint density at radius 3 is 2.37 bits per heavy atom. The molecular formula is C10H6F3N3O2S. The van der Waals surface area contributed by atoms with Gasteiger partial charge in [-0.15, -0.1) is 5.10 Å². The predicted octanol–water partition coefficient (Wildman–Crippen LogP) is 1.69. The summed E-state index contributed by atoms with van der Waals surface area (Å²) in [6.07, 6.45) is 1.30. The quantitative estimate of drug-likeness (QED) is 0.873. The summed E-state index contributed by atoms with van der Waals surface area (Å²) >= 11 is 0. The second kappa shape index (κ2) is 4.84. The van der Waals surface area contributed by atoms with E-state index in [4.69, 9.17) is 0 Å². The highest BCUT2D eigenvalue weighted by molar-refractivity contribution is 7.92. The van der Waals surface area contributed by atoms with E-state index in [9.17, 15) is 21.6 Å². The van der Waals surface area contributed by atoms with Crippen LogP contribution in [0.1, 0.15) is 0 Å². The normalized spacial score (nSPS) is 11.3. The van der Waals surface area contributed by atoms with Crippen molar-refractivity contribution in [1.29, 1.82) is 0 Å². The van der Waals surface area contributed by atoms with E-state index in [2.05, 4.69) is 10.2 Å². The first-order valence-corrected chi connectivity index (χ1v) is 6.33. The van der Waals surface area contributed by atoms with E-state index in [1.807, 2.05) is 4.72 Å². The molecule has 0 atom stereocenters. The SMILES string of the molecule is O=S(=O)(Nc1cccnn1)c1cc(F)c(F)cc1F. The summed E-state index contributed by atoms with van der Waals surface area (Å²) < 4.78 is 64.5. The standard InChI is InChI=1S/C10H6F3N3O2S/c11-6-4-8(13)9(5-7(6)12)19(17,18)16-10-2-1-3-14-15-10/h1-5H,(H,15,16). The van der Waals surface area contributed by atoms with Gasteiger partial charge < -0.3 is 0 Å². The molecule has 1 aromatic carbocycles. The van der Waals surface area contributed by atoms with Crippen molar-refractivity contribution < 1.29 is 21.6 Å². The molecule has 9 heteroatoms. The predicted molar refractivity (Wildman–Crippen MR) is 59.2 cm³/mol. The topological polar surface area (TPSA) is 72.0 Å². The van der Waals surface area contributed by atoms with Crippen LogP contribution in [0.2, 0.25) is 0 Å². The molecule has 19 heavy (non-hydrogen) atoms. The molecule has 100 valence electrons. The summed E-state index contributed by atoms with van der Waals surface area (Å²) in [6.45, 7) is 0. The average molecular weight is 289 g/mol. The van der Waals surface area contributed by atoms with Gasteiger partial charge in [-0.1, -0.05) is 0 Å². The smallest absolute Gasteiger partial charge is 0.262 e. The molecule has 1 N–H and O–H groups in total. The maximum atomic E-state index is 13.4. The fourth-order valence-electron chi connectivity index (χ4n) is 1.26. The molecule has 5 nitrogen and oxygen atoms in total. The van der Waals surface area contributed by atoms with Gasteiger partial charge >= 0.3 is 0 Å². The molecule has 0 bridgehead atoms. The number of benzene rings is 1. The Labute approximate surface area is 106 Å². The Kier molecular flexibility index (Phi) is 3.38. The van der Waals surface area contributed by atoms with Gasteiger partial charge in [-0.3, -0.25) is 4.72 Å². The maximum absolute atomic E-state index is 13.4. The van der Waals surface area contributed by atoms with Crippen molar-refractivity contribution in [2.75, 3.05) is 4.72 Å². The summed E-state index contributed by atoms with van der Waals surface area (Å²) in [6, 6.07) is 3.07. The molecule has 0 saturated carbocycles. The van der Waals surface area contributed by atoms with Crippen LogP contribution < -0.4 is 4.72 Å². The van der Waals surface area contributed by atoms with Crippen LogP contribution in [0, 0.1) is 17.5 Å². The Balaban J connectivity index is 2.43. The molecule has 1 aromatic heterocycles. The largest absolute Gasteiger partial charge is 0.266 e. The third-order valence-electron chi connectivity index (χ3n) is 2.08. The van der Waals surface area contributed by atoms with E-state index in [0.717, 1.165) is 0 Å². The second-order valence-corrected chi connectivity index (χ2v) is 5.06. The van der Waals surface area contributed by atoms with E-state index >= 15 is 0 Å². The summed E-state index contributed by atoms with van der Waals surface area (Å²) in [4.78, 5) is -1.02. The van der Waals surface area contributed by atoms with E-state index in [1.165, 1.54) is 18.3 Å². The fourth-order valence-corrected chi connectivity index (χ4v) is 2.33. The van der Waals surface area contributed by atoms with Crippen LogP contribution in [0.4, 0.5) is 19.0 Å². The van der Waals surface area contributed by atoms with Crippen LogP contribution in [0.15, 0.2) is 35.4 Å². The summed E-state index contributed by atoms with van der Waals surface area (Å²) in [7, 11) is -4.42.